The van der Waals surface area contributed by atoms with Gasteiger partial charge in [0, 0.05) is 0 Å². The second-order valence-corrected chi connectivity index (χ2v) is 4.14. The molecule has 0 saturated heterocycles. The van der Waals surface area contributed by atoms with E-state index in [0.29, 0.717) is 16.0 Å². The van der Waals surface area contributed by atoms with Gasteiger partial charge in [-0.25, -0.2) is 4.39 Å². The van der Waals surface area contributed by atoms with Gasteiger partial charge in [-0.05, 0) is 46.0 Å². The van der Waals surface area contributed by atoms with Crippen LogP contribution in [0.25, 0.3) is 0 Å². The fourth-order valence-corrected chi connectivity index (χ4v) is 1.66. The third kappa shape index (κ3) is 1.86. The number of benzene rings is 1. The quantitative estimate of drug-likeness (QED) is 0.684. The molecule has 0 aromatic heterocycles. The molecule has 2 heteroatoms. The molecule has 0 N–H and O–H groups in total. The summed E-state index contributed by atoms with van der Waals surface area (Å²) in [5.41, 5.74) is 1.87. The molecule has 0 unspecified atom stereocenters. The highest BCUT2D eigenvalue weighted by molar-refractivity contribution is 9.10. The summed E-state index contributed by atoms with van der Waals surface area (Å²) >= 11 is 3.19. The Bertz CT molecular complexity index is 269. The van der Waals surface area contributed by atoms with Crippen molar-refractivity contribution < 1.29 is 4.39 Å². The van der Waals surface area contributed by atoms with Crippen LogP contribution in [0.3, 0.4) is 0 Å². The summed E-state index contributed by atoms with van der Waals surface area (Å²) in [6.07, 6.45) is 0. The molecule has 0 aliphatic heterocycles. The van der Waals surface area contributed by atoms with E-state index in [9.17, 15) is 4.39 Å². The number of hydrogen-bond acceptors (Lipinski definition) is 0. The first-order chi connectivity index (χ1) is 5.52. The van der Waals surface area contributed by atoms with Crippen molar-refractivity contribution in [2.75, 3.05) is 0 Å². The lowest BCUT2D eigenvalue weighted by atomic mass is 10.0. The van der Waals surface area contributed by atoms with E-state index < -0.39 is 0 Å². The maximum Gasteiger partial charge on any atom is 0.140 e. The summed E-state index contributed by atoms with van der Waals surface area (Å²) in [5, 5.41) is 0. The largest absolute Gasteiger partial charge is 0.205 e. The second kappa shape index (κ2) is 3.56. The van der Waals surface area contributed by atoms with Gasteiger partial charge in [0.2, 0.25) is 0 Å². The molecule has 0 heterocycles. The standard InChI is InChI=1S/C10H12BrF/c1-6(2)8-4-7(3)10(12)9(11)5-8/h4-6H,1-3H3. The Labute approximate surface area is 80.9 Å². The normalized spacial score (nSPS) is 10.8. The minimum atomic E-state index is -0.153. The van der Waals surface area contributed by atoms with E-state index in [0.717, 1.165) is 0 Å². The van der Waals surface area contributed by atoms with Crippen LogP contribution >= 0.6 is 15.9 Å². The maximum absolute atomic E-state index is 13.1. The Balaban J connectivity index is 3.21. The molecule has 12 heavy (non-hydrogen) atoms. The molecule has 0 nitrogen and oxygen atoms in total. The number of aryl methyl sites for hydroxylation is 1. The Morgan fingerprint density at radius 3 is 2.33 bits per heavy atom. The fourth-order valence-electron chi connectivity index (χ4n) is 1.09. The molecule has 0 atom stereocenters. The van der Waals surface area contributed by atoms with Gasteiger partial charge in [-0.15, -0.1) is 0 Å². The van der Waals surface area contributed by atoms with Gasteiger partial charge in [-0.2, -0.15) is 0 Å². The van der Waals surface area contributed by atoms with Gasteiger partial charge in [0.25, 0.3) is 0 Å². The summed E-state index contributed by atoms with van der Waals surface area (Å²) in [6.45, 7) is 5.98. The van der Waals surface area contributed by atoms with Gasteiger partial charge in [0.1, 0.15) is 5.82 Å². The summed E-state index contributed by atoms with van der Waals surface area (Å²) in [5.74, 6) is 0.292. The van der Waals surface area contributed by atoms with Crippen molar-refractivity contribution in [3.63, 3.8) is 0 Å². The maximum atomic E-state index is 13.1. The zero-order valence-corrected chi connectivity index (χ0v) is 9.07. The van der Waals surface area contributed by atoms with E-state index in [4.69, 9.17) is 0 Å². The van der Waals surface area contributed by atoms with E-state index >= 15 is 0 Å². The van der Waals surface area contributed by atoms with Crippen LogP contribution in [0.1, 0.15) is 30.9 Å². The lowest BCUT2D eigenvalue weighted by Crippen LogP contribution is -1.92. The Hall–Kier alpha value is -0.370. The first kappa shape index (κ1) is 9.72. The van der Waals surface area contributed by atoms with Crippen LogP contribution in [-0.4, -0.2) is 0 Å². The van der Waals surface area contributed by atoms with Crippen LogP contribution in [0.5, 0.6) is 0 Å². The van der Waals surface area contributed by atoms with Crippen molar-refractivity contribution in [1.29, 1.82) is 0 Å². The number of rotatable bonds is 1. The van der Waals surface area contributed by atoms with Crippen molar-refractivity contribution >= 4 is 15.9 Å². The van der Waals surface area contributed by atoms with E-state index in [1.807, 2.05) is 12.1 Å². The lowest BCUT2D eigenvalue weighted by Gasteiger charge is -2.08. The first-order valence-electron chi connectivity index (χ1n) is 3.98. The molecule has 0 amide bonds. The average Bonchev–Trinajstić information content (AvgIpc) is 1.99. The van der Waals surface area contributed by atoms with Crippen molar-refractivity contribution in [2.45, 2.75) is 26.7 Å². The van der Waals surface area contributed by atoms with Crippen LogP contribution in [0.4, 0.5) is 4.39 Å². The predicted molar refractivity (Wildman–Crippen MR) is 52.9 cm³/mol. The predicted octanol–water partition coefficient (Wildman–Crippen LogP) is 4.02. The van der Waals surface area contributed by atoms with Gasteiger partial charge >= 0.3 is 0 Å². The SMILES string of the molecule is Cc1cc(C(C)C)cc(Br)c1F. The Kier molecular flexibility index (Phi) is 2.89. The highest BCUT2D eigenvalue weighted by Gasteiger charge is 2.07. The summed E-state index contributed by atoms with van der Waals surface area (Å²) in [6, 6.07) is 3.73. The molecule has 0 fully saturated rings. The summed E-state index contributed by atoms with van der Waals surface area (Å²) < 4.78 is 13.7. The van der Waals surface area contributed by atoms with Gasteiger partial charge in [-0.1, -0.05) is 19.9 Å². The average molecular weight is 231 g/mol. The van der Waals surface area contributed by atoms with Crippen LogP contribution in [0.2, 0.25) is 0 Å². The summed E-state index contributed by atoms with van der Waals surface area (Å²) in [4.78, 5) is 0. The van der Waals surface area contributed by atoms with Gasteiger partial charge in [0.15, 0.2) is 0 Å². The topological polar surface area (TPSA) is 0 Å². The smallest absolute Gasteiger partial charge is 0.140 e. The number of halogens is 2. The van der Waals surface area contributed by atoms with E-state index in [1.165, 1.54) is 5.56 Å². The monoisotopic (exact) mass is 230 g/mol. The van der Waals surface area contributed by atoms with Crippen molar-refractivity contribution in [2.24, 2.45) is 0 Å². The molecular weight excluding hydrogens is 219 g/mol. The molecular formula is C10H12BrF. The van der Waals surface area contributed by atoms with Gasteiger partial charge < -0.3 is 0 Å². The van der Waals surface area contributed by atoms with E-state index in [2.05, 4.69) is 29.8 Å². The molecule has 66 valence electrons. The zero-order valence-electron chi connectivity index (χ0n) is 7.49. The van der Waals surface area contributed by atoms with Crippen LogP contribution in [0, 0.1) is 12.7 Å². The third-order valence-corrected chi connectivity index (χ3v) is 2.48. The Morgan fingerprint density at radius 2 is 1.92 bits per heavy atom. The minimum Gasteiger partial charge on any atom is -0.205 e. The second-order valence-electron chi connectivity index (χ2n) is 3.29. The van der Waals surface area contributed by atoms with Crippen LogP contribution in [-0.2, 0) is 0 Å². The molecule has 1 aromatic carbocycles. The van der Waals surface area contributed by atoms with Crippen molar-refractivity contribution in [3.05, 3.63) is 33.5 Å². The first-order valence-corrected chi connectivity index (χ1v) is 4.77. The molecule has 0 radical (unpaired) electrons. The molecule has 0 spiro atoms. The van der Waals surface area contributed by atoms with Crippen LogP contribution < -0.4 is 0 Å². The lowest BCUT2D eigenvalue weighted by molar-refractivity contribution is 0.610. The molecule has 0 aliphatic carbocycles. The highest BCUT2D eigenvalue weighted by Crippen LogP contribution is 2.24. The van der Waals surface area contributed by atoms with E-state index in [-0.39, 0.29) is 5.82 Å². The number of hydrogen-bond donors (Lipinski definition) is 0. The Morgan fingerprint density at radius 1 is 1.33 bits per heavy atom. The van der Waals surface area contributed by atoms with Crippen molar-refractivity contribution in [1.82, 2.24) is 0 Å². The molecule has 0 bridgehead atoms. The molecule has 1 rings (SSSR count). The van der Waals surface area contributed by atoms with E-state index in [1.54, 1.807) is 6.92 Å². The van der Waals surface area contributed by atoms with Gasteiger partial charge in [-0.3, -0.25) is 0 Å². The van der Waals surface area contributed by atoms with Crippen LogP contribution in [0.15, 0.2) is 16.6 Å². The molecule has 0 saturated carbocycles. The molecule has 1 aromatic rings. The molecule has 0 aliphatic rings. The zero-order chi connectivity index (χ0) is 9.30. The minimum absolute atomic E-state index is 0.153. The van der Waals surface area contributed by atoms with Gasteiger partial charge in [0.05, 0.1) is 4.47 Å². The highest BCUT2D eigenvalue weighted by atomic mass is 79.9. The third-order valence-electron chi connectivity index (χ3n) is 1.90. The summed E-state index contributed by atoms with van der Waals surface area (Å²) in [7, 11) is 0. The van der Waals surface area contributed by atoms with Crippen molar-refractivity contribution in [3.8, 4) is 0 Å². The fraction of sp³-hybridized carbons (Fsp3) is 0.400.